The van der Waals surface area contributed by atoms with Crippen molar-refractivity contribution in [3.05, 3.63) is 31.4 Å². The molecule has 1 atom stereocenters. The monoisotopic (exact) mass is 139 g/mol. The highest BCUT2D eigenvalue weighted by atomic mass is 16.3. The average Bonchev–Trinajstić information content (AvgIpc) is 2.40. The molecule has 1 unspecified atom stereocenters. The fraction of sp³-hybridized carbons (Fsp3) is 0.167. The third-order valence-corrected chi connectivity index (χ3v) is 1.01. The number of aromatic nitrogens is 2. The minimum atomic E-state index is -0.728. The van der Waals surface area contributed by atoms with E-state index in [2.05, 4.69) is 17.0 Å². The molecule has 1 rings (SSSR count). The first-order valence-electron chi connectivity index (χ1n) is 2.88. The summed E-state index contributed by atoms with van der Waals surface area (Å²) in [6.07, 6.45) is 5.51. The van der Waals surface area contributed by atoms with Crippen LogP contribution >= 0.6 is 0 Å². The molecule has 1 heterocycles. The Bertz CT molecular complexity index is 195. The number of nitrogens with zero attached hydrogens (tertiary/aromatic N) is 2. The van der Waals surface area contributed by atoms with E-state index < -0.39 is 6.23 Å². The molecule has 0 aromatic carbocycles. The molecule has 0 fully saturated rings. The first-order chi connectivity index (χ1) is 4.83. The molecule has 0 radical (unpaired) electrons. The normalized spacial score (nSPS) is 12.5. The Kier molecular flexibility index (Phi) is 2.07. The van der Waals surface area contributed by atoms with Crippen molar-refractivity contribution in [3.63, 3.8) is 0 Å². The fourth-order valence-electron chi connectivity index (χ4n) is 0.541. The van der Waals surface area contributed by atoms with Gasteiger partial charge in [0.25, 0.3) is 0 Å². The van der Waals surface area contributed by atoms with Crippen LogP contribution in [0.4, 0.5) is 0 Å². The van der Waals surface area contributed by atoms with Crippen LogP contribution in [0.2, 0.25) is 0 Å². The summed E-state index contributed by atoms with van der Waals surface area (Å²) < 4.78 is 1.55. The van der Waals surface area contributed by atoms with E-state index in [0.29, 0.717) is 0 Å². The van der Waals surface area contributed by atoms with E-state index in [4.69, 9.17) is 5.11 Å². The molecule has 0 aliphatic heterocycles. The Hall–Kier alpha value is -1.29. The lowest BCUT2D eigenvalue weighted by molar-refractivity contribution is 0.236. The summed E-state index contributed by atoms with van der Waals surface area (Å²) in [6.45, 7) is 3.39. The van der Waals surface area contributed by atoms with Crippen LogP contribution in [0, 0.1) is 0 Å². The Morgan fingerprint density at radius 2 is 2.60 bits per heavy atom. The molecule has 0 aliphatic rings. The maximum atomic E-state index is 8.95. The quantitative estimate of drug-likeness (QED) is 0.455. The molecular weight excluding hydrogens is 130 g/mol. The lowest BCUT2D eigenvalue weighted by Gasteiger charge is -2.08. The summed E-state index contributed by atoms with van der Waals surface area (Å²) in [5.74, 6) is 0. The van der Waals surface area contributed by atoms with Crippen molar-refractivity contribution in [2.45, 2.75) is 6.23 Å². The van der Waals surface area contributed by atoms with Crippen LogP contribution < -0.4 is 5.43 Å². The van der Waals surface area contributed by atoms with E-state index in [1.807, 2.05) is 0 Å². The smallest absolute Gasteiger partial charge is 0.157 e. The number of hydrogen-bond acceptors (Lipinski definition) is 3. The van der Waals surface area contributed by atoms with Gasteiger partial charge in [-0.25, -0.2) is 4.98 Å². The second kappa shape index (κ2) is 3.03. The highest BCUT2D eigenvalue weighted by Gasteiger charge is 1.93. The lowest BCUT2D eigenvalue weighted by Crippen LogP contribution is -2.23. The van der Waals surface area contributed by atoms with Crippen LogP contribution in [0.5, 0.6) is 0 Å². The van der Waals surface area contributed by atoms with Gasteiger partial charge in [0.05, 0.1) is 0 Å². The number of aliphatic hydroxyl groups excluding tert-OH is 1. The minimum Gasteiger partial charge on any atom is -0.369 e. The molecule has 0 saturated heterocycles. The van der Waals surface area contributed by atoms with E-state index in [1.165, 1.54) is 6.08 Å². The lowest BCUT2D eigenvalue weighted by atomic mass is 10.6. The summed E-state index contributed by atoms with van der Waals surface area (Å²) in [5, 5.41) is 8.95. The molecular formula is C6H9N3O. The number of nitrogens with one attached hydrogen (secondary N) is 1. The highest BCUT2D eigenvalue weighted by Crippen LogP contribution is 1.83. The molecule has 1 aromatic rings. The number of rotatable bonds is 3. The molecule has 4 heteroatoms. The van der Waals surface area contributed by atoms with E-state index in [-0.39, 0.29) is 0 Å². The topological polar surface area (TPSA) is 50.1 Å². The Labute approximate surface area is 58.8 Å². The van der Waals surface area contributed by atoms with Crippen molar-refractivity contribution >= 4 is 0 Å². The van der Waals surface area contributed by atoms with Crippen molar-refractivity contribution in [2.24, 2.45) is 0 Å². The summed E-state index contributed by atoms with van der Waals surface area (Å²) in [7, 11) is 0. The Balaban J connectivity index is 2.47. The minimum absolute atomic E-state index is 0.728. The predicted octanol–water partition coefficient (Wildman–Crippen LogP) is -0.0690. The van der Waals surface area contributed by atoms with Gasteiger partial charge in [-0.3, -0.25) is 10.1 Å². The van der Waals surface area contributed by atoms with Crippen molar-refractivity contribution in [1.82, 2.24) is 9.66 Å². The van der Waals surface area contributed by atoms with Gasteiger partial charge >= 0.3 is 0 Å². The van der Waals surface area contributed by atoms with Gasteiger partial charge in [0.15, 0.2) is 6.23 Å². The van der Waals surface area contributed by atoms with Gasteiger partial charge in [0.1, 0.15) is 6.33 Å². The van der Waals surface area contributed by atoms with E-state index in [9.17, 15) is 0 Å². The zero-order chi connectivity index (χ0) is 7.40. The summed E-state index contributed by atoms with van der Waals surface area (Å²) >= 11 is 0. The van der Waals surface area contributed by atoms with Gasteiger partial charge in [-0.2, -0.15) is 0 Å². The largest absolute Gasteiger partial charge is 0.369 e. The summed E-state index contributed by atoms with van der Waals surface area (Å²) in [5.41, 5.74) is 2.66. The summed E-state index contributed by atoms with van der Waals surface area (Å²) in [4.78, 5) is 3.76. The number of imidazole rings is 1. The van der Waals surface area contributed by atoms with Crippen molar-refractivity contribution in [3.8, 4) is 0 Å². The van der Waals surface area contributed by atoms with Crippen molar-refractivity contribution in [1.29, 1.82) is 0 Å². The highest BCUT2D eigenvalue weighted by molar-refractivity contribution is 4.89. The van der Waals surface area contributed by atoms with Crippen LogP contribution in [-0.2, 0) is 0 Å². The summed E-state index contributed by atoms with van der Waals surface area (Å²) in [6, 6.07) is 0. The molecule has 54 valence electrons. The number of aliphatic hydroxyl groups is 1. The first-order valence-corrected chi connectivity index (χ1v) is 2.88. The maximum absolute atomic E-state index is 8.95. The number of hydrogen-bond donors (Lipinski definition) is 2. The Morgan fingerprint density at radius 3 is 3.10 bits per heavy atom. The second-order valence-corrected chi connectivity index (χ2v) is 1.78. The molecule has 4 nitrogen and oxygen atoms in total. The average molecular weight is 139 g/mol. The van der Waals surface area contributed by atoms with Gasteiger partial charge < -0.3 is 5.11 Å². The van der Waals surface area contributed by atoms with Crippen LogP contribution in [0.1, 0.15) is 0 Å². The molecule has 2 N–H and O–H groups in total. The maximum Gasteiger partial charge on any atom is 0.157 e. The molecule has 0 aliphatic carbocycles. The van der Waals surface area contributed by atoms with Crippen molar-refractivity contribution < 1.29 is 5.11 Å². The van der Waals surface area contributed by atoms with Crippen LogP contribution in [0.25, 0.3) is 0 Å². The molecule has 10 heavy (non-hydrogen) atoms. The predicted molar refractivity (Wildman–Crippen MR) is 37.8 cm³/mol. The van der Waals surface area contributed by atoms with Gasteiger partial charge in [-0.1, -0.05) is 6.58 Å². The van der Waals surface area contributed by atoms with Gasteiger partial charge in [0, 0.05) is 12.4 Å². The van der Waals surface area contributed by atoms with E-state index >= 15 is 0 Å². The second-order valence-electron chi connectivity index (χ2n) is 1.78. The van der Waals surface area contributed by atoms with Gasteiger partial charge in [-0.15, -0.1) is 0 Å². The Morgan fingerprint density at radius 1 is 1.80 bits per heavy atom. The van der Waals surface area contributed by atoms with Gasteiger partial charge in [-0.05, 0) is 6.08 Å². The third-order valence-electron chi connectivity index (χ3n) is 1.01. The van der Waals surface area contributed by atoms with E-state index in [1.54, 1.807) is 23.4 Å². The van der Waals surface area contributed by atoms with Crippen molar-refractivity contribution in [2.75, 3.05) is 5.43 Å². The molecule has 1 aromatic heterocycles. The molecule has 0 saturated carbocycles. The fourth-order valence-corrected chi connectivity index (χ4v) is 0.541. The standard InChI is InChI=1S/C6H9N3O/c1-2-6(10)8-9-4-3-7-5-9/h2-6,8,10H,1H2. The van der Waals surface area contributed by atoms with Crippen LogP contribution in [0.3, 0.4) is 0 Å². The van der Waals surface area contributed by atoms with E-state index in [0.717, 1.165) is 0 Å². The zero-order valence-electron chi connectivity index (χ0n) is 5.44. The molecule has 0 bridgehead atoms. The van der Waals surface area contributed by atoms with Crippen LogP contribution in [-0.4, -0.2) is 21.0 Å². The van der Waals surface area contributed by atoms with Crippen LogP contribution in [0.15, 0.2) is 31.4 Å². The third kappa shape index (κ3) is 1.60. The zero-order valence-corrected chi connectivity index (χ0v) is 5.44. The van der Waals surface area contributed by atoms with Gasteiger partial charge in [0.2, 0.25) is 0 Å². The first kappa shape index (κ1) is 6.82. The molecule has 0 amide bonds. The molecule has 0 spiro atoms. The SMILES string of the molecule is C=CC(O)Nn1ccnc1.